The predicted molar refractivity (Wildman–Crippen MR) is 158 cm³/mol. The van der Waals surface area contributed by atoms with Crippen LogP contribution in [0.1, 0.15) is 40.7 Å². The van der Waals surface area contributed by atoms with Crippen LogP contribution in [-0.4, -0.2) is 0 Å². The zero-order valence-corrected chi connectivity index (χ0v) is 21.1. The molecule has 0 radical (unpaired) electrons. The van der Waals surface area contributed by atoms with Crippen LogP contribution >= 0.6 is 0 Å². The quantitative estimate of drug-likeness (QED) is 0.231. The van der Waals surface area contributed by atoms with Gasteiger partial charge in [0.15, 0.2) is 0 Å². The van der Waals surface area contributed by atoms with E-state index in [0.717, 1.165) is 41.1 Å². The zero-order valence-electron chi connectivity index (χ0n) is 21.1. The number of hydrogen-bond acceptors (Lipinski definition) is 1. The van der Waals surface area contributed by atoms with Gasteiger partial charge in [0.2, 0.25) is 0 Å². The van der Waals surface area contributed by atoms with Crippen molar-refractivity contribution >= 4 is 17.7 Å². The van der Waals surface area contributed by atoms with Crippen LogP contribution in [0.25, 0.3) is 51.5 Å². The summed E-state index contributed by atoms with van der Waals surface area (Å²) in [5.74, 6) is 8.65. The van der Waals surface area contributed by atoms with Crippen molar-refractivity contribution in [2.45, 2.75) is 19.3 Å². The molecule has 2 aliphatic rings. The van der Waals surface area contributed by atoms with E-state index in [1.165, 1.54) is 39.0 Å². The maximum atomic E-state index is 6.85. The largest absolute Gasteiger partial charge is 0.455 e. The van der Waals surface area contributed by atoms with Crippen LogP contribution in [-0.2, 0) is 6.42 Å². The predicted octanol–water partition coefficient (Wildman–Crippen LogP) is 9.54. The molecule has 1 aromatic heterocycles. The molecule has 5 aromatic rings. The van der Waals surface area contributed by atoms with Crippen LogP contribution in [0, 0.1) is 11.8 Å². The summed E-state index contributed by atoms with van der Waals surface area (Å²) in [4.78, 5) is 0. The van der Waals surface area contributed by atoms with Crippen LogP contribution in [0.4, 0.5) is 0 Å². The lowest BCUT2D eigenvalue weighted by Gasteiger charge is -2.12. The highest BCUT2D eigenvalue weighted by Gasteiger charge is 2.24. The third-order valence-corrected chi connectivity index (χ3v) is 7.44. The summed E-state index contributed by atoms with van der Waals surface area (Å²) >= 11 is 0. The third-order valence-electron chi connectivity index (χ3n) is 7.44. The topological polar surface area (TPSA) is 13.1 Å². The van der Waals surface area contributed by atoms with Crippen molar-refractivity contribution in [2.75, 3.05) is 0 Å². The van der Waals surface area contributed by atoms with Crippen molar-refractivity contribution in [3.8, 4) is 45.6 Å². The van der Waals surface area contributed by atoms with Crippen molar-refractivity contribution in [3.63, 3.8) is 0 Å². The van der Waals surface area contributed by atoms with Crippen LogP contribution in [0.2, 0.25) is 0 Å². The smallest absolute Gasteiger partial charge is 0.142 e. The Kier molecular flexibility index (Phi) is 5.65. The fourth-order valence-corrected chi connectivity index (χ4v) is 5.58. The first-order valence-corrected chi connectivity index (χ1v) is 13.2. The Morgan fingerprint density at radius 1 is 0.658 bits per heavy atom. The molecule has 0 amide bonds. The summed E-state index contributed by atoms with van der Waals surface area (Å²) in [5.41, 5.74) is 11.8. The summed E-state index contributed by atoms with van der Waals surface area (Å²) in [6.45, 7) is 0. The molecular weight excluding hydrogens is 460 g/mol. The molecule has 7 rings (SSSR count). The van der Waals surface area contributed by atoms with Gasteiger partial charge in [-0.25, -0.2) is 0 Å². The lowest BCUT2D eigenvalue weighted by molar-refractivity contribution is 0.594. The van der Waals surface area contributed by atoms with Gasteiger partial charge in [0.25, 0.3) is 0 Å². The Morgan fingerprint density at radius 2 is 1.42 bits per heavy atom. The van der Waals surface area contributed by atoms with Crippen LogP contribution in [0.15, 0.2) is 114 Å². The molecule has 2 aliphatic carbocycles. The van der Waals surface area contributed by atoms with E-state index in [0.29, 0.717) is 6.42 Å². The van der Waals surface area contributed by atoms with E-state index >= 15 is 0 Å². The molecular formula is C37H26O. The second-order valence-corrected chi connectivity index (χ2v) is 9.82. The SMILES string of the molecule is C1#Cc2ccccc2C=C(c2ccccc2-c2oc(-c3cccc(-c4ccccc4)c3)c3c2CCC=C3)C1. The number of hydrogen-bond donors (Lipinski definition) is 0. The number of fused-ring (bicyclic) bond motifs is 2. The fourth-order valence-electron chi connectivity index (χ4n) is 5.58. The highest BCUT2D eigenvalue weighted by Crippen LogP contribution is 2.44. The second-order valence-electron chi connectivity index (χ2n) is 9.82. The zero-order chi connectivity index (χ0) is 25.3. The molecule has 0 unspecified atom stereocenters. The van der Waals surface area contributed by atoms with E-state index in [4.69, 9.17) is 4.42 Å². The van der Waals surface area contributed by atoms with Crippen molar-refractivity contribution in [2.24, 2.45) is 0 Å². The Hall–Kier alpha value is -4.80. The first-order chi connectivity index (χ1) is 18.8. The lowest BCUT2D eigenvalue weighted by Crippen LogP contribution is -1.95. The van der Waals surface area contributed by atoms with Gasteiger partial charge in [0.1, 0.15) is 11.5 Å². The molecule has 0 spiro atoms. The van der Waals surface area contributed by atoms with Crippen molar-refractivity contribution in [1.82, 2.24) is 0 Å². The highest BCUT2D eigenvalue weighted by molar-refractivity contribution is 5.93. The van der Waals surface area contributed by atoms with Crippen LogP contribution < -0.4 is 0 Å². The number of rotatable bonds is 4. The number of furan rings is 1. The Bertz CT molecular complexity index is 1780. The van der Waals surface area contributed by atoms with E-state index in [2.05, 4.69) is 133 Å². The first-order valence-electron chi connectivity index (χ1n) is 13.2. The van der Waals surface area contributed by atoms with Gasteiger partial charge in [-0.3, -0.25) is 0 Å². The second kappa shape index (κ2) is 9.58. The van der Waals surface area contributed by atoms with Crippen molar-refractivity contribution in [3.05, 3.63) is 137 Å². The van der Waals surface area contributed by atoms with E-state index in [1.54, 1.807) is 0 Å². The van der Waals surface area contributed by atoms with E-state index in [1.807, 2.05) is 0 Å². The molecule has 1 heterocycles. The standard InChI is InChI=1S/C37H26O/c1-2-12-26(13-3-1)29-17-11-19-31(25-29)36-34-22-8-9-23-35(34)37(38-36)33-21-7-6-20-32(33)30-18-10-16-27-14-4-5-15-28(27)24-30/h1-8,11-15,17,19-22,24-25H,9,18,23H2. The molecule has 0 atom stereocenters. The van der Waals surface area contributed by atoms with Crippen molar-refractivity contribution in [1.29, 1.82) is 0 Å². The van der Waals surface area contributed by atoms with Gasteiger partial charge in [0, 0.05) is 34.2 Å². The Balaban J connectivity index is 1.38. The van der Waals surface area contributed by atoms with Gasteiger partial charge in [-0.1, -0.05) is 115 Å². The summed E-state index contributed by atoms with van der Waals surface area (Å²) in [6, 6.07) is 36.2. The maximum Gasteiger partial charge on any atom is 0.142 e. The van der Waals surface area contributed by atoms with Crippen molar-refractivity contribution < 1.29 is 4.42 Å². The lowest BCUT2D eigenvalue weighted by atomic mass is 9.90. The molecule has 180 valence electrons. The van der Waals surface area contributed by atoms with Crippen LogP contribution in [0.5, 0.6) is 0 Å². The van der Waals surface area contributed by atoms with Gasteiger partial charge >= 0.3 is 0 Å². The minimum Gasteiger partial charge on any atom is -0.455 e. The summed E-state index contributed by atoms with van der Waals surface area (Å²) in [5, 5.41) is 0. The van der Waals surface area contributed by atoms with Gasteiger partial charge in [-0.05, 0) is 58.9 Å². The van der Waals surface area contributed by atoms with Gasteiger partial charge in [-0.15, -0.1) is 0 Å². The molecule has 0 saturated heterocycles. The first kappa shape index (κ1) is 22.4. The van der Waals surface area contributed by atoms with Gasteiger partial charge in [-0.2, -0.15) is 0 Å². The molecule has 0 bridgehead atoms. The minimum absolute atomic E-state index is 0.709. The highest BCUT2D eigenvalue weighted by atomic mass is 16.3. The van der Waals surface area contributed by atoms with Crippen LogP contribution in [0.3, 0.4) is 0 Å². The number of benzene rings is 4. The summed E-state index contributed by atoms with van der Waals surface area (Å²) in [7, 11) is 0. The molecule has 1 heteroatoms. The van der Waals surface area contributed by atoms with E-state index in [-0.39, 0.29) is 0 Å². The van der Waals surface area contributed by atoms with E-state index < -0.39 is 0 Å². The van der Waals surface area contributed by atoms with Gasteiger partial charge in [0.05, 0.1) is 0 Å². The molecule has 1 nitrogen and oxygen atoms in total. The Morgan fingerprint density at radius 3 is 2.34 bits per heavy atom. The average Bonchev–Trinajstić information content (AvgIpc) is 3.24. The molecule has 0 aliphatic heterocycles. The Labute approximate surface area is 223 Å². The van der Waals surface area contributed by atoms with E-state index in [9.17, 15) is 0 Å². The van der Waals surface area contributed by atoms with Gasteiger partial charge < -0.3 is 4.42 Å². The fraction of sp³-hybridized carbons (Fsp3) is 0.0811. The molecule has 0 saturated carbocycles. The summed E-state index contributed by atoms with van der Waals surface area (Å²) in [6.07, 6.45) is 9.48. The summed E-state index contributed by atoms with van der Waals surface area (Å²) < 4.78 is 6.85. The average molecular weight is 487 g/mol. The molecule has 0 fully saturated rings. The number of allylic oxidation sites excluding steroid dienone is 2. The molecule has 38 heavy (non-hydrogen) atoms. The normalized spacial score (nSPS) is 13.5. The third kappa shape index (κ3) is 4.01. The maximum absolute atomic E-state index is 6.85. The molecule has 4 aromatic carbocycles. The molecule has 0 N–H and O–H groups in total. The minimum atomic E-state index is 0.709. The monoisotopic (exact) mass is 486 g/mol.